The second-order valence-corrected chi connectivity index (χ2v) is 2.25. The van der Waals surface area contributed by atoms with Gasteiger partial charge in [0.25, 0.3) is 0 Å². The van der Waals surface area contributed by atoms with Gasteiger partial charge in [0.2, 0.25) is 0 Å². The molecule has 0 aliphatic heterocycles. The van der Waals surface area contributed by atoms with Gasteiger partial charge in [0.15, 0.2) is 0 Å². The van der Waals surface area contributed by atoms with Gasteiger partial charge in [-0.1, -0.05) is 20.8 Å². The maximum absolute atomic E-state index is 6.94. The zero-order valence-electron chi connectivity index (χ0n) is 4.91. The zero-order chi connectivity index (χ0) is 4.50. The monoisotopic (exact) mass is 156 g/mol. The van der Waals surface area contributed by atoms with E-state index in [4.69, 9.17) is 5.73 Å². The van der Waals surface area contributed by atoms with Gasteiger partial charge < -0.3 is 5.73 Å². The Bertz CT molecular complexity index is 27.2. The molecule has 0 amide bonds. The van der Waals surface area contributed by atoms with Crippen molar-refractivity contribution in [1.82, 2.24) is 0 Å². The van der Waals surface area contributed by atoms with Gasteiger partial charge >= 0.3 is 0 Å². The summed E-state index contributed by atoms with van der Waals surface area (Å²) in [6.07, 6.45) is 0. The molecule has 0 spiro atoms. The fourth-order valence-electron chi connectivity index (χ4n) is 0. The molecule has 0 heterocycles. The molecule has 0 unspecified atom stereocenters. The normalized spacial score (nSPS) is 8.57. The minimum absolute atomic E-state index is 0. The maximum Gasteiger partial charge on any atom is 0 e. The molecule has 7 heavy (non-hydrogen) atoms. The third-order valence-corrected chi connectivity index (χ3v) is 0. The van der Waals surface area contributed by atoms with E-state index >= 15 is 0 Å². The van der Waals surface area contributed by atoms with Crippen LogP contribution in [0.1, 0.15) is 20.8 Å². The van der Waals surface area contributed by atoms with Crippen LogP contribution in [-0.2, 0) is 21.7 Å². The van der Waals surface area contributed by atoms with E-state index in [-0.39, 0.29) is 39.7 Å². The molecule has 0 aliphatic rings. The predicted molar refractivity (Wildman–Crippen MR) is 31.3 cm³/mol. The van der Waals surface area contributed by atoms with E-state index < -0.39 is 0 Å². The van der Waals surface area contributed by atoms with Gasteiger partial charge in [-0.3, -0.25) is 0 Å². The van der Waals surface area contributed by atoms with Crippen LogP contribution >= 0.6 is 12.4 Å². The number of nitrogens with one attached hydrogen (secondary N) is 1. The first-order valence-corrected chi connectivity index (χ1v) is 1.75. The smallest absolute Gasteiger partial charge is 0 e. The topological polar surface area (TPSA) is 23.8 Å². The number of halogens is 1. The van der Waals surface area contributed by atoms with E-state index in [1.165, 1.54) is 0 Å². The zero-order valence-corrected chi connectivity index (χ0v) is 7.29. The van der Waals surface area contributed by atoms with Crippen molar-refractivity contribution >= 4 is 12.4 Å². The Morgan fingerprint density at radius 2 is 1.14 bits per heavy atom. The molecular formula is C4H11ClNTi-. The third kappa shape index (κ3) is 185. The summed E-state index contributed by atoms with van der Waals surface area (Å²) in [5.74, 6) is 0. The molecule has 0 aromatic rings. The second-order valence-electron chi connectivity index (χ2n) is 2.25. The van der Waals surface area contributed by atoms with Gasteiger partial charge in [0.1, 0.15) is 0 Å². The first kappa shape index (κ1) is 15.7. The third-order valence-electron chi connectivity index (χ3n) is 0. The van der Waals surface area contributed by atoms with Crippen molar-refractivity contribution in [2.75, 3.05) is 0 Å². The van der Waals surface area contributed by atoms with Gasteiger partial charge in [-0.05, 0) is 0 Å². The van der Waals surface area contributed by atoms with Crippen LogP contribution in [0.15, 0.2) is 0 Å². The van der Waals surface area contributed by atoms with E-state index in [2.05, 4.69) is 0 Å². The second kappa shape index (κ2) is 5.11. The Morgan fingerprint density at radius 1 is 1.14 bits per heavy atom. The van der Waals surface area contributed by atoms with Crippen LogP contribution in [0.2, 0.25) is 0 Å². The van der Waals surface area contributed by atoms with Crippen LogP contribution in [0.4, 0.5) is 0 Å². The molecule has 0 saturated heterocycles. The van der Waals surface area contributed by atoms with E-state index in [9.17, 15) is 0 Å². The average molecular weight is 156 g/mol. The molecule has 0 aromatic carbocycles. The molecule has 0 fully saturated rings. The van der Waals surface area contributed by atoms with Crippen molar-refractivity contribution in [1.29, 1.82) is 0 Å². The average Bonchev–Trinajstić information content (AvgIpc) is 0.722. The van der Waals surface area contributed by atoms with Gasteiger partial charge in [0.05, 0.1) is 0 Å². The summed E-state index contributed by atoms with van der Waals surface area (Å²) in [5.41, 5.74) is 6.69. The maximum atomic E-state index is 6.94. The molecule has 0 radical (unpaired) electrons. The summed E-state index contributed by atoms with van der Waals surface area (Å²) in [6.45, 7) is 5.56. The van der Waals surface area contributed by atoms with Crippen LogP contribution in [-0.4, -0.2) is 5.54 Å². The summed E-state index contributed by atoms with van der Waals surface area (Å²) in [5, 5.41) is 0. The SMILES string of the molecule is CC(C)(C)[NH-].Cl.[Ti]. The largest absolute Gasteiger partial charge is 0.673 e. The van der Waals surface area contributed by atoms with Crippen molar-refractivity contribution in [2.24, 2.45) is 0 Å². The van der Waals surface area contributed by atoms with Crippen molar-refractivity contribution < 1.29 is 21.7 Å². The minimum atomic E-state index is -0.250. The van der Waals surface area contributed by atoms with Crippen LogP contribution in [0.25, 0.3) is 5.73 Å². The Morgan fingerprint density at radius 3 is 1.14 bits per heavy atom. The molecule has 1 N–H and O–H groups in total. The molecule has 0 saturated carbocycles. The summed E-state index contributed by atoms with van der Waals surface area (Å²) in [4.78, 5) is 0. The standard InChI is InChI=1S/C4H10N.ClH.Ti/c1-4(2,3)5;;/h5H,1-3H3;1H;/q-1;;. The number of rotatable bonds is 0. The Hall–Kier alpha value is 0.964. The molecule has 1 nitrogen and oxygen atoms in total. The first-order valence-electron chi connectivity index (χ1n) is 1.75. The summed E-state index contributed by atoms with van der Waals surface area (Å²) in [6, 6.07) is 0. The van der Waals surface area contributed by atoms with E-state index in [0.29, 0.717) is 0 Å². The van der Waals surface area contributed by atoms with Gasteiger partial charge in [-0.15, -0.1) is 17.9 Å². The van der Waals surface area contributed by atoms with Crippen LogP contribution in [0.5, 0.6) is 0 Å². The minimum Gasteiger partial charge on any atom is -0.673 e. The predicted octanol–water partition coefficient (Wildman–Crippen LogP) is 2.26. The number of hydrogen-bond donors (Lipinski definition) is 0. The summed E-state index contributed by atoms with van der Waals surface area (Å²) in [7, 11) is 0. The molecule has 0 rings (SSSR count). The van der Waals surface area contributed by atoms with Gasteiger partial charge in [0, 0.05) is 21.7 Å². The summed E-state index contributed by atoms with van der Waals surface area (Å²) >= 11 is 0. The van der Waals surface area contributed by atoms with Crippen molar-refractivity contribution in [2.45, 2.75) is 26.3 Å². The Kier molecular flexibility index (Phi) is 11.4. The molecule has 0 aromatic heterocycles. The molecule has 0 atom stereocenters. The van der Waals surface area contributed by atoms with Gasteiger partial charge in [-0.2, -0.15) is 0 Å². The van der Waals surface area contributed by atoms with Crippen molar-refractivity contribution in [3.05, 3.63) is 5.73 Å². The van der Waals surface area contributed by atoms with E-state index in [1.807, 2.05) is 20.8 Å². The first-order chi connectivity index (χ1) is 2.00. The fourth-order valence-corrected chi connectivity index (χ4v) is 0. The van der Waals surface area contributed by atoms with Gasteiger partial charge in [-0.25, -0.2) is 0 Å². The van der Waals surface area contributed by atoms with Crippen LogP contribution < -0.4 is 0 Å². The van der Waals surface area contributed by atoms with Crippen LogP contribution in [0, 0.1) is 0 Å². The molecular weight excluding hydrogens is 145 g/mol. The van der Waals surface area contributed by atoms with E-state index in [0.717, 1.165) is 0 Å². The van der Waals surface area contributed by atoms with E-state index in [1.54, 1.807) is 0 Å². The van der Waals surface area contributed by atoms with Crippen LogP contribution in [0.3, 0.4) is 0 Å². The quantitative estimate of drug-likeness (QED) is 0.481. The number of hydrogen-bond acceptors (Lipinski definition) is 0. The van der Waals surface area contributed by atoms with Crippen molar-refractivity contribution in [3.63, 3.8) is 0 Å². The fraction of sp³-hybridized carbons (Fsp3) is 1.00. The molecule has 0 bridgehead atoms. The Labute approximate surface area is 66.3 Å². The Balaban J connectivity index is -0.0000000800. The molecule has 3 heteroatoms. The summed E-state index contributed by atoms with van der Waals surface area (Å²) < 4.78 is 0. The molecule has 0 aliphatic carbocycles. The molecule has 44 valence electrons. The van der Waals surface area contributed by atoms with Crippen molar-refractivity contribution in [3.8, 4) is 0 Å².